The van der Waals surface area contributed by atoms with E-state index >= 15 is 0 Å². The van der Waals surface area contributed by atoms with E-state index in [1.807, 2.05) is 0 Å². The van der Waals surface area contributed by atoms with Gasteiger partial charge in [-0.1, -0.05) is 58.3 Å². The maximum absolute atomic E-state index is 6.38. The van der Waals surface area contributed by atoms with Crippen LogP contribution >= 0.6 is 0 Å². The molecule has 1 heterocycles. The summed E-state index contributed by atoms with van der Waals surface area (Å²) in [6.45, 7) is 11.4. The van der Waals surface area contributed by atoms with Crippen molar-refractivity contribution in [3.63, 3.8) is 0 Å². The van der Waals surface area contributed by atoms with Crippen molar-refractivity contribution in [2.24, 2.45) is 5.92 Å². The van der Waals surface area contributed by atoms with Gasteiger partial charge < -0.3 is 9.88 Å². The minimum absolute atomic E-state index is 0.0680. The van der Waals surface area contributed by atoms with Crippen molar-refractivity contribution in [1.29, 1.82) is 0 Å². The quantitative estimate of drug-likeness (QED) is 0.697. The van der Waals surface area contributed by atoms with Crippen LogP contribution in [0.25, 0.3) is 0 Å². The molecule has 0 aromatic rings. The van der Waals surface area contributed by atoms with Crippen LogP contribution in [0.4, 0.5) is 0 Å². The third-order valence-electron chi connectivity index (χ3n) is 5.90. The molecule has 1 aliphatic heterocycles. The van der Waals surface area contributed by atoms with Crippen LogP contribution in [0.15, 0.2) is 0 Å². The summed E-state index contributed by atoms with van der Waals surface area (Å²) in [6, 6.07) is 0. The Morgan fingerprint density at radius 2 is 1.40 bits per heavy atom. The Kier molecular flexibility index (Phi) is 5.23. The first kappa shape index (κ1) is 16.4. The molecule has 3 heteroatoms. The Balaban J connectivity index is 1.94. The molecule has 1 saturated carbocycles. The number of hydrogen-bond acceptors (Lipinski definition) is 2. The zero-order valence-corrected chi connectivity index (χ0v) is 14.3. The van der Waals surface area contributed by atoms with Gasteiger partial charge in [0.25, 0.3) is 0 Å². The lowest BCUT2D eigenvalue weighted by molar-refractivity contribution is 0.0717. The first-order valence-electron chi connectivity index (χ1n) is 8.77. The summed E-state index contributed by atoms with van der Waals surface area (Å²) < 4.78 is 6.38. The molecular weight excluding hydrogens is 245 g/mol. The molecule has 116 valence electrons. The average molecular weight is 279 g/mol. The summed E-state index contributed by atoms with van der Waals surface area (Å²) in [7, 11) is 0.261. The number of rotatable bonds is 1. The van der Waals surface area contributed by atoms with Gasteiger partial charge in [0.15, 0.2) is 0 Å². The van der Waals surface area contributed by atoms with Crippen molar-refractivity contribution < 1.29 is 4.65 Å². The Morgan fingerprint density at radius 3 is 1.85 bits per heavy atom. The van der Waals surface area contributed by atoms with Crippen LogP contribution in [-0.2, 0) is 4.65 Å². The van der Waals surface area contributed by atoms with Crippen molar-refractivity contribution in [1.82, 2.24) is 5.23 Å². The third-order valence-corrected chi connectivity index (χ3v) is 5.90. The van der Waals surface area contributed by atoms with Gasteiger partial charge in [-0.25, -0.2) is 0 Å². The molecule has 20 heavy (non-hydrogen) atoms. The van der Waals surface area contributed by atoms with Gasteiger partial charge >= 0.3 is 7.05 Å². The maximum atomic E-state index is 6.38. The average Bonchev–Trinajstić information content (AvgIpc) is 2.56. The molecule has 2 fully saturated rings. The minimum Gasteiger partial charge on any atom is -0.414 e. The van der Waals surface area contributed by atoms with Crippen LogP contribution in [0.5, 0.6) is 0 Å². The molecule has 2 aliphatic rings. The van der Waals surface area contributed by atoms with E-state index in [1.165, 1.54) is 51.4 Å². The third kappa shape index (κ3) is 3.79. The van der Waals surface area contributed by atoms with Crippen molar-refractivity contribution in [2.75, 3.05) is 0 Å². The highest BCUT2D eigenvalue weighted by molar-refractivity contribution is 6.52. The predicted molar refractivity (Wildman–Crippen MR) is 88.0 cm³/mol. The van der Waals surface area contributed by atoms with Crippen LogP contribution in [-0.4, -0.2) is 18.2 Å². The molecule has 1 saturated heterocycles. The van der Waals surface area contributed by atoms with Crippen LogP contribution < -0.4 is 5.23 Å². The lowest BCUT2D eigenvalue weighted by Crippen LogP contribution is -2.50. The summed E-state index contributed by atoms with van der Waals surface area (Å²) in [5.74, 6) is 1.63. The highest BCUT2D eigenvalue weighted by atomic mass is 16.5. The van der Waals surface area contributed by atoms with E-state index in [4.69, 9.17) is 4.65 Å². The van der Waals surface area contributed by atoms with E-state index in [0.717, 1.165) is 5.92 Å². The van der Waals surface area contributed by atoms with Gasteiger partial charge in [-0.05, 0) is 39.4 Å². The first-order chi connectivity index (χ1) is 9.32. The smallest absolute Gasteiger partial charge is 0.383 e. The molecule has 1 aliphatic carbocycles. The maximum Gasteiger partial charge on any atom is 0.383 e. The largest absolute Gasteiger partial charge is 0.414 e. The molecular formula is C17H34BNO. The van der Waals surface area contributed by atoms with Crippen molar-refractivity contribution in [2.45, 2.75) is 103 Å². The molecule has 0 aromatic heterocycles. The fourth-order valence-electron chi connectivity index (χ4n) is 3.63. The van der Waals surface area contributed by atoms with Gasteiger partial charge in [-0.2, -0.15) is 0 Å². The van der Waals surface area contributed by atoms with Gasteiger partial charge in [-0.3, -0.25) is 0 Å². The predicted octanol–water partition coefficient (Wildman–Crippen LogP) is 4.79. The fourth-order valence-corrected chi connectivity index (χ4v) is 3.63. The van der Waals surface area contributed by atoms with Gasteiger partial charge in [0.2, 0.25) is 0 Å². The highest BCUT2D eigenvalue weighted by Gasteiger charge is 2.51. The minimum atomic E-state index is -0.0680. The van der Waals surface area contributed by atoms with Crippen molar-refractivity contribution in [3.05, 3.63) is 0 Å². The molecule has 0 amide bonds. The Labute approximate surface area is 126 Å². The summed E-state index contributed by atoms with van der Waals surface area (Å²) in [5.41, 5.74) is 0.00297. The van der Waals surface area contributed by atoms with E-state index in [2.05, 4.69) is 39.8 Å². The summed E-state index contributed by atoms with van der Waals surface area (Å²) in [5, 5.41) is 3.76. The van der Waals surface area contributed by atoms with Gasteiger partial charge in [0.05, 0.1) is 5.60 Å². The van der Waals surface area contributed by atoms with Crippen molar-refractivity contribution in [3.8, 4) is 0 Å². The highest BCUT2D eigenvalue weighted by Crippen LogP contribution is 2.38. The van der Waals surface area contributed by atoms with Crippen LogP contribution in [0.2, 0.25) is 5.82 Å². The fraction of sp³-hybridized carbons (Fsp3) is 1.00. The van der Waals surface area contributed by atoms with Crippen LogP contribution in [0, 0.1) is 5.92 Å². The van der Waals surface area contributed by atoms with Crippen LogP contribution in [0.3, 0.4) is 0 Å². The molecule has 0 atom stereocenters. The Bertz CT molecular complexity index is 288. The second kappa shape index (κ2) is 6.40. The second-order valence-corrected chi connectivity index (χ2v) is 8.25. The molecule has 0 bridgehead atoms. The summed E-state index contributed by atoms with van der Waals surface area (Å²) in [6.07, 6.45) is 11.0. The van der Waals surface area contributed by atoms with E-state index < -0.39 is 0 Å². The SMILES string of the molecule is CC1CCCCC(B2NC(C)(C)C(C)(C)O2)CCCC1. The molecule has 0 radical (unpaired) electrons. The number of hydrogen-bond donors (Lipinski definition) is 1. The lowest BCUT2D eigenvalue weighted by atomic mass is 9.62. The molecule has 2 rings (SSSR count). The van der Waals surface area contributed by atoms with Gasteiger partial charge in [0, 0.05) is 5.54 Å². The summed E-state index contributed by atoms with van der Waals surface area (Å²) in [4.78, 5) is 0. The topological polar surface area (TPSA) is 21.3 Å². The molecule has 1 N–H and O–H groups in total. The van der Waals surface area contributed by atoms with E-state index in [0.29, 0.717) is 5.82 Å². The zero-order valence-electron chi connectivity index (χ0n) is 14.3. The van der Waals surface area contributed by atoms with E-state index in [-0.39, 0.29) is 18.2 Å². The zero-order chi connectivity index (χ0) is 14.8. The Hall–Kier alpha value is -0.0151. The van der Waals surface area contributed by atoms with Gasteiger partial charge in [-0.15, -0.1) is 0 Å². The Morgan fingerprint density at radius 1 is 0.900 bits per heavy atom. The summed E-state index contributed by atoms with van der Waals surface area (Å²) >= 11 is 0. The second-order valence-electron chi connectivity index (χ2n) is 8.25. The first-order valence-corrected chi connectivity index (χ1v) is 8.77. The van der Waals surface area contributed by atoms with Crippen LogP contribution in [0.1, 0.15) is 86.0 Å². The molecule has 0 aromatic carbocycles. The molecule has 0 spiro atoms. The lowest BCUT2D eigenvalue weighted by Gasteiger charge is -2.33. The van der Waals surface area contributed by atoms with Crippen molar-refractivity contribution >= 4 is 7.05 Å². The monoisotopic (exact) mass is 279 g/mol. The number of nitrogens with one attached hydrogen (secondary N) is 1. The van der Waals surface area contributed by atoms with E-state index in [1.54, 1.807) is 0 Å². The normalized spacial score (nSPS) is 35.0. The standard InChI is InChI=1S/C17H34BNO/c1-14-10-6-8-12-15(13-9-7-11-14)18-19-16(2,3)17(4,5)20-18/h14-15,19H,6-13H2,1-5H3. The molecule has 2 nitrogen and oxygen atoms in total. The van der Waals surface area contributed by atoms with E-state index in [9.17, 15) is 0 Å². The van der Waals surface area contributed by atoms with Gasteiger partial charge in [0.1, 0.15) is 0 Å². The molecule has 0 unspecified atom stereocenters.